The first kappa shape index (κ1) is 23.1. The zero-order valence-corrected chi connectivity index (χ0v) is 18.4. The van der Waals surface area contributed by atoms with Gasteiger partial charge in [0.1, 0.15) is 23.9 Å². The summed E-state index contributed by atoms with van der Waals surface area (Å²) in [6.07, 6.45) is 2.66. The number of fused-ring (bicyclic) bond motifs is 1. The van der Waals surface area contributed by atoms with Crippen LogP contribution in [0.15, 0.2) is 41.3 Å². The van der Waals surface area contributed by atoms with Crippen molar-refractivity contribution in [2.75, 3.05) is 33.4 Å². The number of carbonyl (C=O) groups excluding carboxylic acids is 1. The zero-order chi connectivity index (χ0) is 22.3. The Labute approximate surface area is 182 Å². The summed E-state index contributed by atoms with van der Waals surface area (Å²) in [5, 5.41) is 8.66. The van der Waals surface area contributed by atoms with Gasteiger partial charge in [-0.15, -0.1) is 0 Å². The Balaban J connectivity index is 1.47. The van der Waals surface area contributed by atoms with Gasteiger partial charge in [0.25, 0.3) is 0 Å². The minimum atomic E-state index is -4.04. The smallest absolute Gasteiger partial charge is 0.241 e. The van der Waals surface area contributed by atoms with Gasteiger partial charge in [0, 0.05) is 12.0 Å². The lowest BCUT2D eigenvalue weighted by molar-refractivity contribution is 0.0977. The molecule has 1 heterocycles. The molecule has 2 aromatic carbocycles. The van der Waals surface area contributed by atoms with Crippen LogP contribution in [0.5, 0.6) is 17.2 Å². The highest BCUT2D eigenvalue weighted by Crippen LogP contribution is 2.37. The molecule has 0 bridgehead atoms. The van der Waals surface area contributed by atoms with E-state index in [9.17, 15) is 13.2 Å². The number of ether oxygens (including phenoxy) is 3. The average molecular weight is 449 g/mol. The van der Waals surface area contributed by atoms with Crippen molar-refractivity contribution in [2.24, 2.45) is 5.14 Å². The topological polar surface area (TPSA) is 117 Å². The number of ketones is 1. The molecule has 0 saturated heterocycles. The molecule has 0 fully saturated rings. The van der Waals surface area contributed by atoms with Crippen molar-refractivity contribution in [3.63, 3.8) is 0 Å². The molecule has 0 amide bonds. The van der Waals surface area contributed by atoms with E-state index in [2.05, 4.69) is 5.32 Å². The van der Waals surface area contributed by atoms with E-state index in [1.165, 1.54) is 12.1 Å². The highest BCUT2D eigenvalue weighted by molar-refractivity contribution is 7.89. The van der Waals surface area contributed by atoms with E-state index < -0.39 is 10.0 Å². The molecule has 0 unspecified atom stereocenters. The number of hydrogen-bond donors (Lipinski definition) is 2. The Bertz CT molecular complexity index is 1020. The average Bonchev–Trinajstić information content (AvgIpc) is 2.77. The molecule has 0 aromatic heterocycles. The number of primary sulfonamides is 1. The normalized spacial score (nSPS) is 13.1. The molecule has 2 aromatic rings. The molecule has 3 rings (SSSR count). The third kappa shape index (κ3) is 6.19. The third-order valence-corrected chi connectivity index (χ3v) is 5.92. The molecule has 31 heavy (non-hydrogen) atoms. The number of rotatable bonds is 11. The van der Waals surface area contributed by atoms with Crippen LogP contribution in [0, 0.1) is 0 Å². The van der Waals surface area contributed by atoms with Gasteiger partial charge < -0.3 is 19.5 Å². The van der Waals surface area contributed by atoms with Crippen molar-refractivity contribution in [1.29, 1.82) is 0 Å². The summed E-state index contributed by atoms with van der Waals surface area (Å²) < 4.78 is 40.0. The first-order valence-corrected chi connectivity index (χ1v) is 11.8. The van der Waals surface area contributed by atoms with Crippen molar-refractivity contribution in [2.45, 2.75) is 30.6 Å². The quantitative estimate of drug-likeness (QED) is 0.400. The molecule has 0 saturated carbocycles. The number of nitrogens with two attached hydrogens (primary N) is 1. The van der Waals surface area contributed by atoms with Gasteiger partial charge in [-0.3, -0.25) is 4.79 Å². The lowest BCUT2D eigenvalue weighted by atomic mass is 10.0. The number of sulfonamides is 1. The molecule has 0 atom stereocenters. The molecule has 1 aliphatic heterocycles. The molecule has 0 spiro atoms. The summed E-state index contributed by atoms with van der Waals surface area (Å²) in [5.74, 6) is 1.03. The SMILES string of the molecule is COc1ccccc1CCNCCCCC(=O)c1cc2c(c(S(N)(=O)=O)c1)OCCO2. The second-order valence-corrected chi connectivity index (χ2v) is 8.77. The van der Waals surface area contributed by atoms with Crippen LogP contribution in [-0.4, -0.2) is 47.6 Å². The largest absolute Gasteiger partial charge is 0.496 e. The number of carbonyl (C=O) groups is 1. The van der Waals surface area contributed by atoms with Gasteiger partial charge in [-0.2, -0.15) is 0 Å². The minimum absolute atomic E-state index is 0.0737. The Morgan fingerprint density at radius 1 is 1.13 bits per heavy atom. The lowest BCUT2D eigenvalue weighted by Gasteiger charge is -2.21. The standard InChI is InChI=1S/C22H28N2O6S/c1-28-19-8-3-2-6-16(19)9-11-24-10-5-4-7-18(25)17-14-20-22(30-13-12-29-20)21(15-17)31(23,26)27/h2-3,6,8,14-15,24H,4-5,7,9-13H2,1H3,(H2,23,26,27). The molecule has 0 radical (unpaired) electrons. The fourth-order valence-corrected chi connectivity index (χ4v) is 4.14. The number of Topliss-reactive ketones (excluding diaryl/α,β-unsaturated/α-hetero) is 1. The van der Waals surface area contributed by atoms with Crippen LogP contribution in [-0.2, 0) is 16.4 Å². The number of unbranched alkanes of at least 4 members (excludes halogenated alkanes) is 1. The van der Waals surface area contributed by atoms with Crippen LogP contribution in [0.3, 0.4) is 0 Å². The van der Waals surface area contributed by atoms with Gasteiger partial charge >= 0.3 is 0 Å². The molecular weight excluding hydrogens is 420 g/mol. The second-order valence-electron chi connectivity index (χ2n) is 7.24. The first-order valence-electron chi connectivity index (χ1n) is 10.2. The van der Waals surface area contributed by atoms with Crippen LogP contribution in [0.4, 0.5) is 0 Å². The van der Waals surface area contributed by atoms with Crippen molar-refractivity contribution in [3.8, 4) is 17.2 Å². The highest BCUT2D eigenvalue weighted by Gasteiger charge is 2.25. The Kier molecular flexibility index (Phi) is 7.89. The van der Waals surface area contributed by atoms with Gasteiger partial charge in [-0.1, -0.05) is 18.2 Å². The van der Waals surface area contributed by atoms with E-state index in [-0.39, 0.29) is 41.0 Å². The Hall–Kier alpha value is -2.62. The van der Waals surface area contributed by atoms with Crippen molar-refractivity contribution >= 4 is 15.8 Å². The maximum atomic E-state index is 12.6. The number of para-hydroxylation sites is 1. The van der Waals surface area contributed by atoms with Crippen molar-refractivity contribution in [1.82, 2.24) is 5.32 Å². The molecule has 1 aliphatic rings. The highest BCUT2D eigenvalue weighted by atomic mass is 32.2. The number of nitrogens with one attached hydrogen (secondary N) is 1. The van der Waals surface area contributed by atoms with E-state index in [4.69, 9.17) is 19.3 Å². The molecule has 168 valence electrons. The van der Waals surface area contributed by atoms with Crippen molar-refractivity contribution in [3.05, 3.63) is 47.5 Å². The van der Waals surface area contributed by atoms with Gasteiger partial charge in [-0.05, 0) is 56.1 Å². The number of methoxy groups -OCH3 is 1. The predicted octanol–water partition coefficient (Wildman–Crippen LogP) is 2.30. The maximum absolute atomic E-state index is 12.6. The first-order chi connectivity index (χ1) is 14.9. The van der Waals surface area contributed by atoms with Crippen LogP contribution in [0.2, 0.25) is 0 Å². The third-order valence-electron chi connectivity index (χ3n) is 5.01. The monoisotopic (exact) mass is 448 g/mol. The summed E-state index contributed by atoms with van der Waals surface area (Å²) in [6.45, 7) is 2.11. The lowest BCUT2D eigenvalue weighted by Crippen LogP contribution is -2.21. The Morgan fingerprint density at radius 3 is 2.68 bits per heavy atom. The maximum Gasteiger partial charge on any atom is 0.241 e. The number of hydrogen-bond acceptors (Lipinski definition) is 7. The van der Waals surface area contributed by atoms with Crippen LogP contribution < -0.4 is 24.7 Å². The Morgan fingerprint density at radius 2 is 1.90 bits per heavy atom. The summed E-state index contributed by atoms with van der Waals surface area (Å²) in [6, 6.07) is 10.7. The zero-order valence-electron chi connectivity index (χ0n) is 17.6. The summed E-state index contributed by atoms with van der Waals surface area (Å²) in [4.78, 5) is 12.4. The van der Waals surface area contributed by atoms with Crippen LogP contribution in [0.25, 0.3) is 0 Å². The van der Waals surface area contributed by atoms with E-state index in [1.807, 2.05) is 24.3 Å². The van der Waals surface area contributed by atoms with E-state index in [1.54, 1.807) is 7.11 Å². The molecule has 9 heteroatoms. The fraction of sp³-hybridized carbons (Fsp3) is 0.409. The van der Waals surface area contributed by atoms with Crippen molar-refractivity contribution < 1.29 is 27.4 Å². The fourth-order valence-electron chi connectivity index (χ4n) is 3.43. The van der Waals surface area contributed by atoms with Gasteiger partial charge in [-0.25, -0.2) is 13.6 Å². The summed E-state index contributed by atoms with van der Waals surface area (Å²) >= 11 is 0. The van der Waals surface area contributed by atoms with Gasteiger partial charge in [0.2, 0.25) is 10.0 Å². The second kappa shape index (κ2) is 10.6. The molecule has 8 nitrogen and oxygen atoms in total. The van der Waals surface area contributed by atoms with Gasteiger partial charge in [0.05, 0.1) is 7.11 Å². The van der Waals surface area contributed by atoms with E-state index in [0.717, 1.165) is 37.2 Å². The molecule has 0 aliphatic carbocycles. The summed E-state index contributed by atoms with van der Waals surface area (Å²) in [7, 11) is -2.38. The van der Waals surface area contributed by atoms with E-state index >= 15 is 0 Å². The van der Waals surface area contributed by atoms with E-state index in [0.29, 0.717) is 12.8 Å². The molecule has 3 N–H and O–H groups in total. The van der Waals surface area contributed by atoms with Gasteiger partial charge in [0.15, 0.2) is 17.3 Å². The predicted molar refractivity (Wildman–Crippen MR) is 117 cm³/mol. The number of benzene rings is 2. The van der Waals surface area contributed by atoms with Crippen LogP contribution >= 0.6 is 0 Å². The minimum Gasteiger partial charge on any atom is -0.496 e. The summed E-state index contributed by atoms with van der Waals surface area (Å²) in [5.41, 5.74) is 1.41. The molecular formula is C22H28N2O6S. The van der Waals surface area contributed by atoms with Crippen LogP contribution in [0.1, 0.15) is 35.2 Å².